The summed E-state index contributed by atoms with van der Waals surface area (Å²) in [4.78, 5) is 29.0. The average molecular weight is 536 g/mol. The molecule has 7 nitrogen and oxygen atoms in total. The topological polar surface area (TPSA) is 86.8 Å². The van der Waals surface area contributed by atoms with Crippen LogP contribution < -0.4 is 9.62 Å². The molecule has 0 saturated heterocycles. The van der Waals surface area contributed by atoms with E-state index in [1.165, 1.54) is 4.90 Å². The van der Waals surface area contributed by atoms with Gasteiger partial charge < -0.3 is 10.2 Å². The summed E-state index contributed by atoms with van der Waals surface area (Å²) in [6, 6.07) is 23.3. The zero-order chi connectivity index (χ0) is 27.9. The molecule has 3 rings (SSSR count). The molecule has 2 amide bonds. The molecule has 0 radical (unpaired) electrons. The second-order valence-electron chi connectivity index (χ2n) is 9.86. The lowest BCUT2D eigenvalue weighted by molar-refractivity contribution is -0.140. The molecular formula is C30H37N3O4S. The van der Waals surface area contributed by atoms with Crippen molar-refractivity contribution in [2.75, 3.05) is 17.1 Å². The Morgan fingerprint density at radius 2 is 1.42 bits per heavy atom. The summed E-state index contributed by atoms with van der Waals surface area (Å²) in [5.41, 5.74) is 3.89. The number of benzene rings is 3. The van der Waals surface area contributed by atoms with E-state index in [1.54, 1.807) is 12.1 Å². The number of carbonyl (C=O) groups excluding carboxylic acids is 2. The van der Waals surface area contributed by atoms with Crippen LogP contribution in [0.4, 0.5) is 5.69 Å². The Morgan fingerprint density at radius 1 is 0.842 bits per heavy atom. The summed E-state index contributed by atoms with van der Waals surface area (Å²) < 4.78 is 27.0. The van der Waals surface area contributed by atoms with E-state index in [9.17, 15) is 18.0 Å². The summed E-state index contributed by atoms with van der Waals surface area (Å²) >= 11 is 0. The van der Waals surface area contributed by atoms with Gasteiger partial charge in [0.25, 0.3) is 0 Å². The molecule has 0 fully saturated rings. The van der Waals surface area contributed by atoms with Crippen molar-refractivity contribution < 1.29 is 18.0 Å². The van der Waals surface area contributed by atoms with Crippen molar-refractivity contribution >= 4 is 27.5 Å². The highest BCUT2D eigenvalue weighted by molar-refractivity contribution is 7.92. The van der Waals surface area contributed by atoms with Gasteiger partial charge in [-0.1, -0.05) is 72.8 Å². The Labute approximate surface area is 226 Å². The summed E-state index contributed by atoms with van der Waals surface area (Å²) in [7, 11) is -3.80. The van der Waals surface area contributed by atoms with Crippen molar-refractivity contribution in [3.05, 3.63) is 101 Å². The first kappa shape index (κ1) is 28.9. The molecule has 38 heavy (non-hydrogen) atoms. The van der Waals surface area contributed by atoms with Gasteiger partial charge in [-0.2, -0.15) is 0 Å². The summed E-state index contributed by atoms with van der Waals surface area (Å²) in [5, 5.41) is 2.95. The van der Waals surface area contributed by atoms with Gasteiger partial charge in [0, 0.05) is 19.0 Å². The highest BCUT2D eigenvalue weighted by atomic mass is 32.2. The third-order valence-electron chi connectivity index (χ3n) is 6.42. The Bertz CT molecular complexity index is 1340. The molecule has 0 spiro atoms. The normalized spacial score (nSPS) is 12.2. The molecule has 0 bridgehead atoms. The maximum absolute atomic E-state index is 14.0. The second-order valence-corrected chi connectivity index (χ2v) is 11.8. The smallest absolute Gasteiger partial charge is 0.244 e. The van der Waals surface area contributed by atoms with Crippen molar-refractivity contribution in [2.45, 2.75) is 52.7 Å². The van der Waals surface area contributed by atoms with E-state index in [0.29, 0.717) is 12.1 Å². The van der Waals surface area contributed by atoms with Crippen LogP contribution in [-0.2, 0) is 32.6 Å². The summed E-state index contributed by atoms with van der Waals surface area (Å²) in [6.07, 6.45) is 1.39. The van der Waals surface area contributed by atoms with Gasteiger partial charge in [-0.3, -0.25) is 13.9 Å². The van der Waals surface area contributed by atoms with E-state index < -0.39 is 28.5 Å². The van der Waals surface area contributed by atoms with Crippen molar-refractivity contribution in [2.24, 2.45) is 0 Å². The number of hydrogen-bond acceptors (Lipinski definition) is 4. The number of rotatable bonds is 11. The molecule has 0 aromatic heterocycles. The van der Waals surface area contributed by atoms with E-state index in [1.807, 2.05) is 94.4 Å². The molecule has 1 atom stereocenters. The number of amides is 2. The van der Waals surface area contributed by atoms with Gasteiger partial charge in [0.2, 0.25) is 21.8 Å². The van der Waals surface area contributed by atoms with Gasteiger partial charge in [-0.05, 0) is 56.0 Å². The van der Waals surface area contributed by atoms with Gasteiger partial charge in [-0.15, -0.1) is 0 Å². The lowest BCUT2D eigenvalue weighted by Gasteiger charge is -2.34. The van der Waals surface area contributed by atoms with Crippen LogP contribution in [0.5, 0.6) is 0 Å². The maximum Gasteiger partial charge on any atom is 0.244 e. The van der Waals surface area contributed by atoms with Crippen molar-refractivity contribution in [1.82, 2.24) is 10.2 Å². The highest BCUT2D eigenvalue weighted by Gasteiger charge is 2.33. The zero-order valence-electron chi connectivity index (χ0n) is 22.7. The third kappa shape index (κ3) is 7.68. The number of aryl methyl sites for hydroxylation is 1. The first-order chi connectivity index (χ1) is 18.0. The number of carbonyl (C=O) groups is 2. The second kappa shape index (κ2) is 12.7. The summed E-state index contributed by atoms with van der Waals surface area (Å²) in [6.45, 7) is 7.21. The van der Waals surface area contributed by atoms with Crippen LogP contribution >= 0.6 is 0 Å². The van der Waals surface area contributed by atoms with Gasteiger partial charge in [0.1, 0.15) is 12.6 Å². The van der Waals surface area contributed by atoms with Crippen LogP contribution in [0.2, 0.25) is 0 Å². The van der Waals surface area contributed by atoms with Crippen LogP contribution in [0.15, 0.2) is 78.9 Å². The Morgan fingerprint density at radius 3 is 1.97 bits per heavy atom. The summed E-state index contributed by atoms with van der Waals surface area (Å²) in [5.74, 6) is -0.745. The molecule has 3 aromatic rings. The van der Waals surface area contributed by atoms with Gasteiger partial charge in [0.05, 0.1) is 11.9 Å². The quantitative estimate of drug-likeness (QED) is 0.398. The van der Waals surface area contributed by atoms with E-state index in [0.717, 1.165) is 32.8 Å². The van der Waals surface area contributed by atoms with E-state index in [2.05, 4.69) is 5.32 Å². The van der Waals surface area contributed by atoms with Crippen molar-refractivity contribution in [1.29, 1.82) is 0 Å². The fraction of sp³-hybridized carbons (Fsp3) is 0.333. The van der Waals surface area contributed by atoms with Crippen molar-refractivity contribution in [3.8, 4) is 0 Å². The molecule has 0 saturated carbocycles. The van der Waals surface area contributed by atoms with Crippen LogP contribution in [0, 0.1) is 13.8 Å². The molecule has 1 N–H and O–H groups in total. The first-order valence-electron chi connectivity index (χ1n) is 12.7. The number of nitrogens with one attached hydrogen (secondary N) is 1. The molecule has 8 heteroatoms. The predicted molar refractivity (Wildman–Crippen MR) is 152 cm³/mol. The van der Waals surface area contributed by atoms with Crippen LogP contribution in [0.25, 0.3) is 0 Å². The number of sulfonamides is 1. The van der Waals surface area contributed by atoms with E-state index >= 15 is 0 Å². The first-order valence-corrected chi connectivity index (χ1v) is 14.5. The average Bonchev–Trinajstić information content (AvgIpc) is 2.86. The minimum Gasteiger partial charge on any atom is -0.352 e. The molecule has 0 heterocycles. The Kier molecular flexibility index (Phi) is 9.69. The third-order valence-corrected chi connectivity index (χ3v) is 7.55. The molecule has 202 valence electrons. The van der Waals surface area contributed by atoms with Crippen LogP contribution in [-0.4, -0.2) is 50.0 Å². The molecular weight excluding hydrogens is 498 g/mol. The van der Waals surface area contributed by atoms with Crippen LogP contribution in [0.3, 0.4) is 0 Å². The lowest BCUT2D eigenvalue weighted by atomic mass is 10.0. The molecule has 3 aromatic carbocycles. The number of anilines is 1. The van der Waals surface area contributed by atoms with Gasteiger partial charge >= 0.3 is 0 Å². The Hall–Kier alpha value is -3.65. The lowest BCUT2D eigenvalue weighted by Crippen LogP contribution is -2.54. The molecule has 0 aliphatic carbocycles. The Balaban J connectivity index is 2.06. The predicted octanol–water partition coefficient (Wildman–Crippen LogP) is 4.23. The monoisotopic (exact) mass is 535 g/mol. The van der Waals surface area contributed by atoms with E-state index in [4.69, 9.17) is 0 Å². The molecule has 0 aliphatic heterocycles. The minimum atomic E-state index is -3.80. The number of nitrogens with zero attached hydrogens (tertiary/aromatic N) is 2. The zero-order valence-corrected chi connectivity index (χ0v) is 23.5. The van der Waals surface area contributed by atoms with Crippen molar-refractivity contribution in [3.63, 3.8) is 0 Å². The van der Waals surface area contributed by atoms with Crippen LogP contribution in [0.1, 0.15) is 36.1 Å². The fourth-order valence-corrected chi connectivity index (χ4v) is 5.22. The van der Waals surface area contributed by atoms with Gasteiger partial charge in [-0.25, -0.2) is 8.42 Å². The largest absolute Gasteiger partial charge is 0.352 e. The standard InChI is InChI=1S/C30H37N3O4S/c1-22(2)31-30(35)28(19-25-14-8-6-9-15-25)32(20-26-16-10-7-11-17-26)29(34)21-33(38(5,36)37)27-18-12-13-23(3)24(27)4/h6-18,22,28H,19-21H2,1-5H3,(H,31,35)/t28-/m1/s1. The molecule has 0 aliphatic rings. The number of hydrogen-bond donors (Lipinski definition) is 1. The fourth-order valence-electron chi connectivity index (χ4n) is 4.32. The highest BCUT2D eigenvalue weighted by Crippen LogP contribution is 2.26. The minimum absolute atomic E-state index is 0.128. The van der Waals surface area contributed by atoms with E-state index in [-0.39, 0.29) is 18.5 Å². The van der Waals surface area contributed by atoms with Gasteiger partial charge in [0.15, 0.2) is 0 Å². The molecule has 0 unspecified atom stereocenters. The maximum atomic E-state index is 14.0. The SMILES string of the molecule is Cc1cccc(N(CC(=O)N(Cc2ccccc2)[C@H](Cc2ccccc2)C(=O)NC(C)C)S(C)(=O)=O)c1C.